The average molecular weight is 282 g/mol. The van der Waals surface area contributed by atoms with Crippen molar-refractivity contribution < 1.29 is 13.2 Å². The number of hydrogen-bond acceptors (Lipinski definition) is 4. The van der Waals surface area contributed by atoms with Crippen LogP contribution in [0.3, 0.4) is 0 Å². The van der Waals surface area contributed by atoms with E-state index in [9.17, 15) is 13.2 Å². The summed E-state index contributed by atoms with van der Waals surface area (Å²) in [5.74, 6) is -1.18. The molecule has 0 spiro atoms. The fraction of sp³-hybridized carbons (Fsp3) is 0. The second kappa shape index (κ2) is 4.24. The van der Waals surface area contributed by atoms with Gasteiger partial charge in [-0.3, -0.25) is 4.79 Å². The molecule has 0 aromatic heterocycles. The van der Waals surface area contributed by atoms with Crippen molar-refractivity contribution in [3.8, 4) is 0 Å². The Bertz CT molecular complexity index is 717. The third-order valence-electron chi connectivity index (χ3n) is 2.21. The van der Waals surface area contributed by atoms with Gasteiger partial charge in [-0.25, -0.2) is 18.1 Å². The van der Waals surface area contributed by atoms with Crippen LogP contribution in [0.2, 0.25) is 0 Å². The van der Waals surface area contributed by atoms with E-state index in [2.05, 4.69) is 9.98 Å². The third-order valence-corrected chi connectivity index (χ3v) is 3.58. The molecule has 1 amide bonds. The number of amides is 1. The highest BCUT2D eigenvalue weighted by Crippen LogP contribution is 2.26. The fourth-order valence-electron chi connectivity index (χ4n) is 1.51. The second-order valence-corrected chi connectivity index (χ2v) is 5.27. The summed E-state index contributed by atoms with van der Waals surface area (Å²) >= 11 is 0. The summed E-state index contributed by atoms with van der Waals surface area (Å²) in [6.45, 7) is 0. The zero-order chi connectivity index (χ0) is 14.2. The number of carbonyl (C=O) groups is 1. The zero-order valence-electron chi connectivity index (χ0n) is 9.49. The number of fused-ring (bicyclic) bond motifs is 1. The van der Waals surface area contributed by atoms with Crippen molar-refractivity contribution >= 4 is 33.5 Å². The Labute approximate surface area is 108 Å². The molecule has 1 heterocycles. The lowest BCUT2D eigenvalue weighted by molar-refractivity contribution is 0.0985. The van der Waals surface area contributed by atoms with E-state index in [-0.39, 0.29) is 28.1 Å². The molecular weight excluding hydrogens is 272 g/mol. The van der Waals surface area contributed by atoms with Gasteiger partial charge in [-0.05, 0) is 18.2 Å². The first-order valence-corrected chi connectivity index (χ1v) is 6.43. The van der Waals surface area contributed by atoms with Crippen LogP contribution >= 0.6 is 0 Å². The zero-order valence-corrected chi connectivity index (χ0v) is 10.3. The molecule has 0 saturated carbocycles. The lowest BCUT2D eigenvalue weighted by atomic mass is 10.2. The lowest BCUT2D eigenvalue weighted by Gasteiger charge is -1.99. The normalized spacial score (nSPS) is 16.6. The Morgan fingerprint density at radius 2 is 1.89 bits per heavy atom. The van der Waals surface area contributed by atoms with Gasteiger partial charge in [0, 0.05) is 0 Å². The maximum Gasteiger partial charge on any atom is 0.266 e. The van der Waals surface area contributed by atoms with Gasteiger partial charge in [0.15, 0.2) is 5.96 Å². The summed E-state index contributed by atoms with van der Waals surface area (Å²) in [4.78, 5) is 18.5. The number of benzene rings is 1. The standard InChI is InChI=1S/C9H10N6O3S/c10-8(11)14-9(12)13-4-1-2-5-6(3-4)19(17,18)15-7(5)16/h1-3H,(H,15,16)(H6,10,11,12,13,14). The van der Waals surface area contributed by atoms with Crippen molar-refractivity contribution in [3.05, 3.63) is 23.8 Å². The van der Waals surface area contributed by atoms with Crippen LogP contribution < -0.4 is 21.9 Å². The summed E-state index contributed by atoms with van der Waals surface area (Å²) in [5.41, 5.74) is 15.9. The first-order valence-electron chi connectivity index (χ1n) is 4.94. The van der Waals surface area contributed by atoms with Gasteiger partial charge >= 0.3 is 0 Å². The summed E-state index contributed by atoms with van der Waals surface area (Å²) in [6, 6.07) is 3.96. The number of sulfonamides is 1. The highest BCUT2D eigenvalue weighted by molar-refractivity contribution is 7.90. The van der Waals surface area contributed by atoms with E-state index in [0.29, 0.717) is 0 Å². The molecule has 1 aliphatic rings. The Balaban J connectivity index is 2.49. The molecule has 0 fully saturated rings. The molecule has 0 unspecified atom stereocenters. The molecule has 0 saturated heterocycles. The van der Waals surface area contributed by atoms with E-state index in [0.717, 1.165) is 0 Å². The molecule has 10 heteroatoms. The monoisotopic (exact) mass is 282 g/mol. The average Bonchev–Trinajstić information content (AvgIpc) is 2.48. The SMILES string of the molecule is NC(N)=NC(N)=Nc1ccc2c(c1)S(=O)(=O)NC2=O. The van der Waals surface area contributed by atoms with E-state index in [1.165, 1.54) is 18.2 Å². The van der Waals surface area contributed by atoms with Crippen LogP contribution in [0.25, 0.3) is 0 Å². The minimum absolute atomic E-state index is 0.0550. The minimum Gasteiger partial charge on any atom is -0.370 e. The molecular formula is C9H10N6O3S. The molecule has 1 aromatic rings. The van der Waals surface area contributed by atoms with Crippen LogP contribution in [0.15, 0.2) is 33.1 Å². The van der Waals surface area contributed by atoms with Crippen molar-refractivity contribution in [2.45, 2.75) is 4.90 Å². The molecule has 7 N–H and O–H groups in total. The first-order chi connectivity index (χ1) is 8.79. The maximum absolute atomic E-state index is 11.6. The van der Waals surface area contributed by atoms with Gasteiger partial charge in [0.25, 0.3) is 15.9 Å². The molecule has 1 aliphatic heterocycles. The summed E-state index contributed by atoms with van der Waals surface area (Å²) in [7, 11) is -3.83. The van der Waals surface area contributed by atoms with Crippen molar-refractivity contribution in [1.29, 1.82) is 0 Å². The molecule has 0 aliphatic carbocycles. The van der Waals surface area contributed by atoms with E-state index >= 15 is 0 Å². The highest BCUT2D eigenvalue weighted by Gasteiger charge is 2.32. The Hall–Kier alpha value is -2.62. The van der Waals surface area contributed by atoms with Gasteiger partial charge in [0.2, 0.25) is 5.96 Å². The number of nitrogens with two attached hydrogens (primary N) is 3. The van der Waals surface area contributed by atoms with E-state index < -0.39 is 15.9 Å². The van der Waals surface area contributed by atoms with Crippen LogP contribution in [0.1, 0.15) is 10.4 Å². The Kier molecular flexibility index (Phi) is 2.86. The lowest BCUT2D eigenvalue weighted by Crippen LogP contribution is -2.26. The van der Waals surface area contributed by atoms with Crippen molar-refractivity contribution in [2.24, 2.45) is 27.2 Å². The van der Waals surface area contributed by atoms with Crippen molar-refractivity contribution in [1.82, 2.24) is 4.72 Å². The Morgan fingerprint density at radius 3 is 2.53 bits per heavy atom. The summed E-state index contributed by atoms with van der Waals surface area (Å²) < 4.78 is 25.1. The molecule has 2 rings (SSSR count). The van der Waals surface area contributed by atoms with Crippen LogP contribution in [0.5, 0.6) is 0 Å². The molecule has 0 bridgehead atoms. The van der Waals surface area contributed by atoms with Gasteiger partial charge in [0.1, 0.15) is 4.90 Å². The molecule has 9 nitrogen and oxygen atoms in total. The predicted octanol–water partition coefficient (Wildman–Crippen LogP) is -1.66. The minimum atomic E-state index is -3.83. The molecule has 0 atom stereocenters. The summed E-state index contributed by atoms with van der Waals surface area (Å²) in [6.07, 6.45) is 0. The molecule has 19 heavy (non-hydrogen) atoms. The van der Waals surface area contributed by atoms with Gasteiger partial charge in [0.05, 0.1) is 11.3 Å². The number of rotatable bonds is 1. The predicted molar refractivity (Wildman–Crippen MR) is 68.2 cm³/mol. The molecule has 100 valence electrons. The summed E-state index contributed by atoms with van der Waals surface area (Å²) in [5, 5.41) is 0. The van der Waals surface area contributed by atoms with E-state index in [1.807, 2.05) is 4.72 Å². The fourth-order valence-corrected chi connectivity index (χ4v) is 2.70. The number of nitrogens with zero attached hydrogens (tertiary/aromatic N) is 2. The highest BCUT2D eigenvalue weighted by atomic mass is 32.2. The van der Waals surface area contributed by atoms with Crippen molar-refractivity contribution in [2.75, 3.05) is 0 Å². The van der Waals surface area contributed by atoms with Crippen LogP contribution in [-0.2, 0) is 10.0 Å². The number of nitrogens with one attached hydrogen (secondary N) is 1. The first kappa shape index (κ1) is 12.8. The van der Waals surface area contributed by atoms with E-state index in [1.54, 1.807) is 0 Å². The molecule has 0 radical (unpaired) electrons. The van der Waals surface area contributed by atoms with Gasteiger partial charge in [-0.15, -0.1) is 0 Å². The number of hydrogen-bond donors (Lipinski definition) is 4. The van der Waals surface area contributed by atoms with Crippen LogP contribution in [0.4, 0.5) is 5.69 Å². The number of guanidine groups is 2. The van der Waals surface area contributed by atoms with Crippen LogP contribution in [-0.4, -0.2) is 26.2 Å². The van der Waals surface area contributed by atoms with Gasteiger partial charge < -0.3 is 17.2 Å². The van der Waals surface area contributed by atoms with Gasteiger partial charge in [-0.2, -0.15) is 4.99 Å². The number of carbonyl (C=O) groups excluding carboxylic acids is 1. The van der Waals surface area contributed by atoms with Gasteiger partial charge in [-0.1, -0.05) is 0 Å². The maximum atomic E-state index is 11.6. The quantitative estimate of drug-likeness (QED) is 0.355. The smallest absolute Gasteiger partial charge is 0.266 e. The van der Waals surface area contributed by atoms with E-state index in [4.69, 9.17) is 17.2 Å². The third kappa shape index (κ3) is 2.47. The largest absolute Gasteiger partial charge is 0.370 e. The molecule has 1 aromatic carbocycles. The van der Waals surface area contributed by atoms with Crippen LogP contribution in [0, 0.1) is 0 Å². The second-order valence-electron chi connectivity index (χ2n) is 3.62. The number of aliphatic imine (C=N–C) groups is 2. The Morgan fingerprint density at radius 1 is 1.21 bits per heavy atom. The van der Waals surface area contributed by atoms with Crippen molar-refractivity contribution in [3.63, 3.8) is 0 Å². The topological polar surface area (TPSA) is 166 Å².